The van der Waals surface area contributed by atoms with E-state index in [0.717, 1.165) is 28.8 Å². The fourth-order valence-corrected chi connectivity index (χ4v) is 3.93. The summed E-state index contributed by atoms with van der Waals surface area (Å²) < 4.78 is 1.95. The minimum absolute atomic E-state index is 0.173. The van der Waals surface area contributed by atoms with Crippen LogP contribution >= 0.6 is 11.6 Å². The van der Waals surface area contributed by atoms with Crippen LogP contribution in [-0.4, -0.2) is 26.2 Å². The molecule has 4 nitrogen and oxygen atoms in total. The maximum absolute atomic E-state index is 6.31. The number of halogens is 1. The van der Waals surface area contributed by atoms with Crippen LogP contribution in [0.15, 0.2) is 66.7 Å². The molecule has 2 aromatic heterocycles. The first kappa shape index (κ1) is 17.8. The van der Waals surface area contributed by atoms with E-state index in [9.17, 15) is 0 Å². The smallest absolute Gasteiger partial charge is 0.0934 e. The Balaban J connectivity index is 1.90. The van der Waals surface area contributed by atoms with Crippen LogP contribution < -0.4 is 0 Å². The number of benzene rings is 1. The zero-order valence-corrected chi connectivity index (χ0v) is 16.6. The average molecular weight is 379 g/mol. The molecule has 0 fully saturated rings. The molecule has 0 N–H and O–H groups in total. The molecular weight excluding hydrogens is 356 g/mol. The average Bonchev–Trinajstić information content (AvgIpc) is 3.01. The lowest BCUT2D eigenvalue weighted by molar-refractivity contribution is 0.231. The molecule has 138 valence electrons. The predicted octanol–water partition coefficient (Wildman–Crippen LogP) is 5.55. The molecule has 5 heteroatoms. The lowest BCUT2D eigenvalue weighted by atomic mass is 9.95. The van der Waals surface area contributed by atoms with Crippen LogP contribution in [0.5, 0.6) is 0 Å². The van der Waals surface area contributed by atoms with Crippen molar-refractivity contribution in [1.29, 1.82) is 0 Å². The first-order valence-corrected chi connectivity index (χ1v) is 9.60. The van der Waals surface area contributed by atoms with Crippen LogP contribution in [0.1, 0.15) is 32.5 Å². The van der Waals surface area contributed by atoms with Crippen LogP contribution in [0.3, 0.4) is 0 Å². The SMILES string of the molecule is CC1=CC=CN(C(c2nn(-c3cccnc3)c3cc(Cl)ccc23)C(C)C)C1. The molecule has 0 amide bonds. The van der Waals surface area contributed by atoms with Crippen molar-refractivity contribution in [3.05, 3.63) is 77.4 Å². The first-order chi connectivity index (χ1) is 13.0. The number of pyridine rings is 1. The number of hydrogen-bond acceptors (Lipinski definition) is 3. The van der Waals surface area contributed by atoms with Gasteiger partial charge in [0.05, 0.1) is 29.1 Å². The van der Waals surface area contributed by atoms with Gasteiger partial charge in [0.2, 0.25) is 0 Å². The van der Waals surface area contributed by atoms with Gasteiger partial charge in [-0.15, -0.1) is 0 Å². The molecule has 1 aromatic carbocycles. The van der Waals surface area contributed by atoms with E-state index in [4.69, 9.17) is 16.7 Å². The van der Waals surface area contributed by atoms with Crippen molar-refractivity contribution in [2.24, 2.45) is 5.92 Å². The summed E-state index contributed by atoms with van der Waals surface area (Å²) in [4.78, 5) is 6.64. The Morgan fingerprint density at radius 2 is 2.04 bits per heavy atom. The van der Waals surface area contributed by atoms with Crippen LogP contribution in [0.2, 0.25) is 5.02 Å². The summed E-state index contributed by atoms with van der Waals surface area (Å²) in [5, 5.41) is 6.88. The van der Waals surface area contributed by atoms with E-state index in [1.165, 1.54) is 5.57 Å². The van der Waals surface area contributed by atoms with Crippen LogP contribution in [-0.2, 0) is 0 Å². The largest absolute Gasteiger partial charge is 0.365 e. The Bertz CT molecular complexity index is 1020. The third kappa shape index (κ3) is 3.37. The van der Waals surface area contributed by atoms with Gasteiger partial charge < -0.3 is 4.90 Å². The maximum atomic E-state index is 6.31. The minimum atomic E-state index is 0.173. The highest BCUT2D eigenvalue weighted by molar-refractivity contribution is 6.31. The van der Waals surface area contributed by atoms with Gasteiger partial charge in [0.1, 0.15) is 0 Å². The molecule has 0 bridgehead atoms. The first-order valence-electron chi connectivity index (χ1n) is 9.23. The Kier molecular flexibility index (Phi) is 4.75. The Labute approximate surface area is 164 Å². The van der Waals surface area contributed by atoms with Gasteiger partial charge >= 0.3 is 0 Å². The fraction of sp³-hybridized carbons (Fsp3) is 0.273. The maximum Gasteiger partial charge on any atom is 0.0934 e. The van der Waals surface area contributed by atoms with Crippen LogP contribution in [0.25, 0.3) is 16.6 Å². The molecule has 1 aliphatic heterocycles. The highest BCUT2D eigenvalue weighted by Gasteiger charge is 2.28. The summed E-state index contributed by atoms with van der Waals surface area (Å²) in [7, 11) is 0. The molecule has 1 unspecified atom stereocenters. The summed E-state index contributed by atoms with van der Waals surface area (Å²) in [5.74, 6) is 0.400. The van der Waals surface area contributed by atoms with Gasteiger partial charge in [0.15, 0.2) is 0 Å². The third-order valence-electron chi connectivity index (χ3n) is 4.92. The second-order valence-electron chi connectivity index (χ2n) is 7.39. The second kappa shape index (κ2) is 7.20. The monoisotopic (exact) mass is 378 g/mol. The van der Waals surface area contributed by atoms with Crippen molar-refractivity contribution in [3.8, 4) is 5.69 Å². The number of aromatic nitrogens is 3. The molecular formula is C22H23ClN4. The lowest BCUT2D eigenvalue weighted by Gasteiger charge is -2.34. The predicted molar refractivity (Wildman–Crippen MR) is 111 cm³/mol. The van der Waals surface area contributed by atoms with Gasteiger partial charge in [-0.1, -0.05) is 37.1 Å². The molecule has 3 aromatic rings. The van der Waals surface area contributed by atoms with Gasteiger partial charge in [-0.05, 0) is 49.2 Å². The molecule has 0 saturated heterocycles. The number of nitrogens with zero attached hydrogens (tertiary/aromatic N) is 4. The molecule has 3 heterocycles. The van der Waals surface area contributed by atoms with Gasteiger partial charge in [0.25, 0.3) is 0 Å². The highest BCUT2D eigenvalue weighted by Crippen LogP contribution is 2.36. The molecule has 1 atom stereocenters. The van der Waals surface area contributed by atoms with E-state index in [1.807, 2.05) is 35.1 Å². The van der Waals surface area contributed by atoms with Crippen molar-refractivity contribution in [3.63, 3.8) is 0 Å². The third-order valence-corrected chi connectivity index (χ3v) is 5.16. The summed E-state index contributed by atoms with van der Waals surface area (Å²) in [6, 6.07) is 10.1. The van der Waals surface area contributed by atoms with Crippen molar-refractivity contribution in [1.82, 2.24) is 19.7 Å². The Morgan fingerprint density at radius 3 is 2.74 bits per heavy atom. The summed E-state index contributed by atoms with van der Waals surface area (Å²) in [6.07, 6.45) is 10.1. The standard InChI is InChI=1S/C22H23ClN4/c1-15(2)22(26-11-5-6-16(3)14-26)21-19-9-8-17(23)12-20(19)27(25-21)18-7-4-10-24-13-18/h4-13,15,22H,14H2,1-3H3. The van der Waals surface area contributed by atoms with Gasteiger partial charge in [-0.3, -0.25) is 4.98 Å². The molecule has 0 aliphatic carbocycles. The fourth-order valence-electron chi connectivity index (χ4n) is 3.76. The number of fused-ring (bicyclic) bond motifs is 1. The Morgan fingerprint density at radius 1 is 1.19 bits per heavy atom. The number of hydrogen-bond donors (Lipinski definition) is 0. The minimum Gasteiger partial charge on any atom is -0.365 e. The molecule has 4 rings (SSSR count). The summed E-state index contributed by atoms with van der Waals surface area (Å²) in [5.41, 5.74) is 4.36. The van der Waals surface area contributed by atoms with Gasteiger partial charge in [0, 0.05) is 29.4 Å². The lowest BCUT2D eigenvalue weighted by Crippen LogP contribution is -2.30. The highest BCUT2D eigenvalue weighted by atomic mass is 35.5. The normalized spacial score (nSPS) is 15.4. The van der Waals surface area contributed by atoms with Gasteiger partial charge in [-0.25, -0.2) is 4.68 Å². The zero-order valence-electron chi connectivity index (χ0n) is 15.8. The van der Waals surface area contributed by atoms with Crippen molar-refractivity contribution < 1.29 is 0 Å². The molecule has 0 spiro atoms. The van der Waals surface area contributed by atoms with E-state index >= 15 is 0 Å². The van der Waals surface area contributed by atoms with Crippen molar-refractivity contribution in [2.45, 2.75) is 26.8 Å². The molecule has 0 saturated carbocycles. The molecule has 1 aliphatic rings. The van der Waals surface area contributed by atoms with E-state index in [0.29, 0.717) is 10.9 Å². The quantitative estimate of drug-likeness (QED) is 0.597. The van der Waals surface area contributed by atoms with Gasteiger partial charge in [-0.2, -0.15) is 5.10 Å². The molecule has 27 heavy (non-hydrogen) atoms. The zero-order chi connectivity index (χ0) is 19.0. The van der Waals surface area contributed by atoms with Crippen molar-refractivity contribution in [2.75, 3.05) is 6.54 Å². The van der Waals surface area contributed by atoms with Crippen LogP contribution in [0, 0.1) is 5.92 Å². The Hall–Kier alpha value is -2.59. The topological polar surface area (TPSA) is 34.0 Å². The van der Waals surface area contributed by atoms with Crippen molar-refractivity contribution >= 4 is 22.5 Å². The molecule has 0 radical (unpaired) electrons. The summed E-state index contributed by atoms with van der Waals surface area (Å²) in [6.45, 7) is 7.57. The number of rotatable bonds is 4. The second-order valence-corrected chi connectivity index (χ2v) is 7.82. The number of allylic oxidation sites excluding steroid dienone is 2. The summed E-state index contributed by atoms with van der Waals surface area (Å²) >= 11 is 6.31. The van der Waals surface area contributed by atoms with E-state index < -0.39 is 0 Å². The van der Waals surface area contributed by atoms with E-state index in [1.54, 1.807) is 6.20 Å². The van der Waals surface area contributed by atoms with Crippen LogP contribution in [0.4, 0.5) is 0 Å². The van der Waals surface area contributed by atoms with E-state index in [-0.39, 0.29) is 6.04 Å². The van der Waals surface area contributed by atoms with E-state index in [2.05, 4.69) is 55.1 Å².